The van der Waals surface area contributed by atoms with Gasteiger partial charge in [0.2, 0.25) is 0 Å². The molecule has 7 heteroatoms. The Labute approximate surface area is 173 Å². The number of carbonyl (C=O) groups is 2. The molecule has 1 unspecified atom stereocenters. The van der Waals surface area contributed by atoms with Gasteiger partial charge in [-0.1, -0.05) is 49.8 Å². The van der Waals surface area contributed by atoms with Crippen LogP contribution in [0, 0.1) is 5.92 Å². The van der Waals surface area contributed by atoms with Gasteiger partial charge in [-0.15, -0.1) is 0 Å². The van der Waals surface area contributed by atoms with Gasteiger partial charge in [0.05, 0.1) is 12.6 Å². The summed E-state index contributed by atoms with van der Waals surface area (Å²) >= 11 is 0. The second-order valence-corrected chi connectivity index (χ2v) is 7.81. The Morgan fingerprint density at radius 1 is 1.31 bits per heavy atom. The number of carbonyl (C=O) groups excluding carboxylic acids is 2. The van der Waals surface area contributed by atoms with E-state index < -0.39 is 19.0 Å². The highest BCUT2D eigenvalue weighted by Crippen LogP contribution is 2.30. The second kappa shape index (κ2) is 10.7. The molecule has 1 aliphatic heterocycles. The first-order chi connectivity index (χ1) is 14.1. The van der Waals surface area contributed by atoms with Gasteiger partial charge in [0.1, 0.15) is 5.92 Å². The fraction of sp³-hybridized carbons (Fsp3) is 0.545. The van der Waals surface area contributed by atoms with Crippen molar-refractivity contribution in [2.24, 2.45) is 5.92 Å². The van der Waals surface area contributed by atoms with Gasteiger partial charge in [-0.3, -0.25) is 14.5 Å². The smallest absolute Gasteiger partial charge is 0.506 e. The van der Waals surface area contributed by atoms with Gasteiger partial charge in [-0.2, -0.15) is 0 Å². The maximum atomic E-state index is 12.4. The van der Waals surface area contributed by atoms with Crippen molar-refractivity contribution in [1.29, 1.82) is 0 Å². The summed E-state index contributed by atoms with van der Waals surface area (Å²) in [6.07, 6.45) is 6.98. The molecule has 3 rings (SSSR count). The van der Waals surface area contributed by atoms with Crippen LogP contribution in [0.1, 0.15) is 44.6 Å². The minimum Gasteiger partial charge on any atom is -0.506 e. The van der Waals surface area contributed by atoms with Crippen LogP contribution >= 0.6 is 0 Å². The van der Waals surface area contributed by atoms with E-state index in [1.165, 1.54) is 5.98 Å². The monoisotopic (exact) mass is 399 g/mol. The first-order valence-electron chi connectivity index (χ1n) is 10.6. The van der Waals surface area contributed by atoms with Crippen LogP contribution in [0.3, 0.4) is 0 Å². The molecule has 0 amide bonds. The summed E-state index contributed by atoms with van der Waals surface area (Å²) in [5.74, 6) is -0.247. The normalized spacial score (nSPS) is 25.0. The molecular weight excluding hydrogens is 369 g/mol. The summed E-state index contributed by atoms with van der Waals surface area (Å²) in [5.41, 5.74) is 0.890. The number of ketones is 1. The van der Waals surface area contributed by atoms with E-state index >= 15 is 0 Å². The lowest BCUT2D eigenvalue weighted by molar-refractivity contribution is -0.143. The number of benzene rings is 1. The lowest BCUT2D eigenvalue weighted by Gasteiger charge is -2.28. The summed E-state index contributed by atoms with van der Waals surface area (Å²) in [4.78, 5) is 26.9. The van der Waals surface area contributed by atoms with Crippen molar-refractivity contribution in [2.75, 3.05) is 19.7 Å². The average molecular weight is 399 g/mol. The van der Waals surface area contributed by atoms with Crippen LogP contribution in [0.4, 0.5) is 0 Å². The maximum Gasteiger partial charge on any atom is 0.554 e. The van der Waals surface area contributed by atoms with E-state index in [-0.39, 0.29) is 24.5 Å². The molecule has 2 aliphatic rings. The maximum absolute atomic E-state index is 12.4. The fourth-order valence-electron chi connectivity index (χ4n) is 4.07. The van der Waals surface area contributed by atoms with Crippen LogP contribution in [0.15, 0.2) is 36.3 Å². The Balaban J connectivity index is 1.51. The zero-order chi connectivity index (χ0) is 20.6. The van der Waals surface area contributed by atoms with Crippen molar-refractivity contribution >= 4 is 24.9 Å². The molecule has 0 aromatic heterocycles. The molecule has 6 nitrogen and oxygen atoms in total. The van der Waals surface area contributed by atoms with Crippen LogP contribution in [-0.4, -0.2) is 60.6 Å². The van der Waals surface area contributed by atoms with Gasteiger partial charge in [0, 0.05) is 19.2 Å². The van der Waals surface area contributed by atoms with Crippen LogP contribution < -0.4 is 0 Å². The van der Waals surface area contributed by atoms with Crippen LogP contribution in [0.5, 0.6) is 0 Å². The predicted octanol–water partition coefficient (Wildman–Crippen LogP) is 2.50. The van der Waals surface area contributed by atoms with Crippen molar-refractivity contribution in [3.8, 4) is 0 Å². The van der Waals surface area contributed by atoms with E-state index in [1.54, 1.807) is 6.08 Å². The van der Waals surface area contributed by atoms with E-state index in [0.29, 0.717) is 6.54 Å². The first kappa shape index (κ1) is 21.7. The van der Waals surface area contributed by atoms with E-state index in [9.17, 15) is 14.6 Å². The van der Waals surface area contributed by atoms with Crippen molar-refractivity contribution in [3.63, 3.8) is 0 Å². The van der Waals surface area contributed by atoms with E-state index in [0.717, 1.165) is 44.3 Å². The Morgan fingerprint density at radius 3 is 2.86 bits per heavy atom. The number of hydrogen-bond donors (Lipinski definition) is 1. The van der Waals surface area contributed by atoms with Gasteiger partial charge in [0.15, 0.2) is 5.78 Å². The molecule has 1 aromatic rings. The summed E-state index contributed by atoms with van der Waals surface area (Å²) in [6, 6.07) is 9.60. The molecule has 1 saturated heterocycles. The first-order valence-corrected chi connectivity index (χ1v) is 10.6. The van der Waals surface area contributed by atoms with Gasteiger partial charge in [-0.25, -0.2) is 0 Å². The number of likely N-dealkylation sites (tertiary alicyclic amines) is 1. The zero-order valence-electron chi connectivity index (χ0n) is 17.0. The third-order valence-corrected chi connectivity index (χ3v) is 5.66. The molecule has 1 N–H and O–H groups in total. The summed E-state index contributed by atoms with van der Waals surface area (Å²) in [5, 5.41) is 9.99. The Hall–Kier alpha value is -1.96. The van der Waals surface area contributed by atoms with Crippen molar-refractivity contribution < 1.29 is 24.0 Å². The highest BCUT2D eigenvalue weighted by molar-refractivity contribution is 6.52. The number of ether oxygens (including phenoxy) is 1. The molecular formula is C22H30BNO5. The minimum atomic E-state index is -1.37. The third kappa shape index (κ3) is 6.01. The van der Waals surface area contributed by atoms with Crippen molar-refractivity contribution in [3.05, 3.63) is 41.9 Å². The highest BCUT2D eigenvalue weighted by atomic mass is 16.6. The lowest BCUT2D eigenvalue weighted by atomic mass is 9.89. The molecule has 29 heavy (non-hydrogen) atoms. The number of unbranched alkanes of at least 4 members (excludes halogenated alkanes) is 1. The number of nitrogens with zero attached hydrogens (tertiary/aromatic N) is 1. The SMILES string of the molecule is CCCCO[C@H]1CCC[C@@H]1N1CC(=O)C(C(=O)OB(O)/C=C/c2ccccc2)C1. The summed E-state index contributed by atoms with van der Waals surface area (Å²) in [7, 11) is -1.37. The Kier molecular flexibility index (Phi) is 8.04. The number of hydrogen-bond acceptors (Lipinski definition) is 6. The molecule has 1 aromatic carbocycles. The molecule has 0 radical (unpaired) electrons. The van der Waals surface area contributed by atoms with Crippen LogP contribution in [-0.2, 0) is 19.0 Å². The van der Waals surface area contributed by atoms with E-state index in [1.807, 2.05) is 30.3 Å². The van der Waals surface area contributed by atoms with Gasteiger partial charge >= 0.3 is 13.1 Å². The summed E-state index contributed by atoms with van der Waals surface area (Å²) < 4.78 is 11.1. The van der Waals surface area contributed by atoms with Crippen molar-refractivity contribution in [1.82, 2.24) is 4.90 Å². The molecule has 0 bridgehead atoms. The molecule has 1 heterocycles. The molecule has 1 aliphatic carbocycles. The fourth-order valence-corrected chi connectivity index (χ4v) is 4.07. The quantitative estimate of drug-likeness (QED) is 0.391. The third-order valence-electron chi connectivity index (χ3n) is 5.66. The van der Waals surface area contributed by atoms with Gasteiger partial charge < -0.3 is 14.4 Å². The number of Topliss-reactive ketones (excluding diaryl/α,β-unsaturated/α-hetero) is 1. The lowest BCUT2D eigenvalue weighted by Crippen LogP contribution is -2.41. The number of rotatable bonds is 9. The average Bonchev–Trinajstić information content (AvgIpc) is 3.33. The van der Waals surface area contributed by atoms with Crippen LogP contribution in [0.2, 0.25) is 0 Å². The topological polar surface area (TPSA) is 76.1 Å². The Bertz CT molecular complexity index is 710. The van der Waals surface area contributed by atoms with Crippen LogP contribution in [0.25, 0.3) is 6.08 Å². The molecule has 1 saturated carbocycles. The van der Waals surface area contributed by atoms with Gasteiger partial charge in [-0.05, 0) is 37.2 Å². The van der Waals surface area contributed by atoms with E-state index in [4.69, 9.17) is 9.39 Å². The predicted molar refractivity (Wildman–Crippen MR) is 112 cm³/mol. The highest BCUT2D eigenvalue weighted by Gasteiger charge is 2.44. The largest absolute Gasteiger partial charge is 0.554 e. The molecule has 3 atom stereocenters. The second-order valence-electron chi connectivity index (χ2n) is 7.81. The molecule has 0 spiro atoms. The Morgan fingerprint density at radius 2 is 2.10 bits per heavy atom. The van der Waals surface area contributed by atoms with Gasteiger partial charge in [0.25, 0.3) is 0 Å². The summed E-state index contributed by atoms with van der Waals surface area (Å²) in [6.45, 7) is 3.46. The molecule has 156 valence electrons. The standard InChI is InChI=1S/C22H30BNO5/c1-2-3-14-28-21-11-7-10-19(21)24-15-18(20(25)16-24)22(26)29-23(27)13-12-17-8-5-4-6-9-17/h4-6,8-9,12-13,18-19,21,27H,2-3,7,10-11,14-16H2,1H3/b13-12+/t18?,19-,21-/m0/s1. The van der Waals surface area contributed by atoms with E-state index in [2.05, 4.69) is 11.8 Å². The van der Waals surface area contributed by atoms with Crippen molar-refractivity contribution in [2.45, 2.75) is 51.2 Å². The zero-order valence-corrected chi connectivity index (χ0v) is 17.0. The minimum absolute atomic E-state index is 0.128. The molecule has 2 fully saturated rings.